The van der Waals surface area contributed by atoms with E-state index < -0.39 is 23.5 Å². The molecule has 0 aliphatic heterocycles. The van der Waals surface area contributed by atoms with E-state index in [0.29, 0.717) is 11.1 Å². The van der Waals surface area contributed by atoms with Crippen molar-refractivity contribution in [3.8, 4) is 66.8 Å². The van der Waals surface area contributed by atoms with Gasteiger partial charge in [0, 0.05) is 0 Å². The summed E-state index contributed by atoms with van der Waals surface area (Å²) in [5.74, 6) is 0. The molecule has 0 saturated heterocycles. The fourth-order valence-corrected chi connectivity index (χ4v) is 6.88. The summed E-state index contributed by atoms with van der Waals surface area (Å²) in [4.78, 5) is 0. The lowest BCUT2D eigenvalue weighted by atomic mass is 9.82. The molecule has 0 aromatic heterocycles. The van der Waals surface area contributed by atoms with E-state index in [4.69, 9.17) is 0 Å². The molecule has 0 fully saturated rings. The third-order valence-corrected chi connectivity index (χ3v) is 9.47. The van der Waals surface area contributed by atoms with Crippen molar-refractivity contribution < 1.29 is 26.3 Å². The van der Waals surface area contributed by atoms with Gasteiger partial charge in [-0.1, -0.05) is 121 Å². The molecule has 0 amide bonds. The number of aryl methyl sites for hydroxylation is 2. The number of hydrogen-bond donors (Lipinski definition) is 0. The standard InChI is InChI=1S/C46H32F6/c1-29-21-23-33(35-17-9-11-19-43(35)45(47,48)49)25-37(29)41-27-40(32-15-7-4-8-16-32)42(28-39(41)31-13-5-3-6-14-31)38-26-34(24-22-30(38)2)36-18-10-12-20-44(36)46(50,51)52/h3-28H,1-2H3. The Bertz CT molecular complexity index is 2220. The van der Waals surface area contributed by atoms with Gasteiger partial charge in [0.2, 0.25) is 0 Å². The molecular formula is C46H32F6. The predicted molar refractivity (Wildman–Crippen MR) is 199 cm³/mol. The van der Waals surface area contributed by atoms with Crippen LogP contribution in [0.15, 0.2) is 158 Å². The molecule has 0 N–H and O–H groups in total. The minimum atomic E-state index is -4.54. The zero-order valence-corrected chi connectivity index (χ0v) is 28.3. The summed E-state index contributed by atoms with van der Waals surface area (Å²) >= 11 is 0. The Morgan fingerprint density at radius 3 is 1.00 bits per heavy atom. The largest absolute Gasteiger partial charge is 0.417 e. The molecule has 7 rings (SSSR count). The third kappa shape index (κ3) is 6.76. The van der Waals surface area contributed by atoms with E-state index in [9.17, 15) is 26.3 Å². The van der Waals surface area contributed by atoms with Gasteiger partial charge in [-0.3, -0.25) is 0 Å². The van der Waals surface area contributed by atoms with Crippen LogP contribution in [0, 0.1) is 13.8 Å². The molecule has 258 valence electrons. The summed E-state index contributed by atoms with van der Waals surface area (Å²) in [5, 5.41) is 0. The maximum absolute atomic E-state index is 14.2. The Morgan fingerprint density at radius 2 is 0.635 bits per heavy atom. The first-order valence-electron chi connectivity index (χ1n) is 16.7. The summed E-state index contributed by atoms with van der Waals surface area (Å²) < 4.78 is 85.0. The van der Waals surface area contributed by atoms with E-state index in [1.807, 2.05) is 98.8 Å². The van der Waals surface area contributed by atoms with Crippen LogP contribution in [0.1, 0.15) is 22.3 Å². The van der Waals surface area contributed by atoms with Crippen LogP contribution >= 0.6 is 0 Å². The molecule has 7 aromatic rings. The number of alkyl halides is 6. The summed E-state index contributed by atoms with van der Waals surface area (Å²) in [6.45, 7) is 3.87. The number of benzene rings is 7. The molecule has 0 nitrogen and oxygen atoms in total. The minimum absolute atomic E-state index is 0.0870. The summed E-state index contributed by atoms with van der Waals surface area (Å²) in [6.07, 6.45) is -9.07. The van der Waals surface area contributed by atoms with Gasteiger partial charge in [0.15, 0.2) is 0 Å². The summed E-state index contributed by atoms with van der Waals surface area (Å²) in [7, 11) is 0. The molecule has 0 aliphatic rings. The molecule has 0 aliphatic carbocycles. The monoisotopic (exact) mass is 698 g/mol. The van der Waals surface area contributed by atoms with E-state index in [1.54, 1.807) is 24.3 Å². The van der Waals surface area contributed by atoms with E-state index in [2.05, 4.69) is 12.1 Å². The smallest absolute Gasteiger partial charge is 0.166 e. The van der Waals surface area contributed by atoms with Gasteiger partial charge in [0.05, 0.1) is 11.1 Å². The van der Waals surface area contributed by atoms with Crippen LogP contribution in [0.3, 0.4) is 0 Å². The topological polar surface area (TPSA) is 0 Å². The fourth-order valence-electron chi connectivity index (χ4n) is 6.88. The van der Waals surface area contributed by atoms with Gasteiger partial charge < -0.3 is 0 Å². The Labute approximate surface area is 298 Å². The van der Waals surface area contributed by atoms with Crippen molar-refractivity contribution in [3.05, 3.63) is 180 Å². The molecule has 7 aromatic carbocycles. The molecule has 0 bridgehead atoms. The summed E-state index contributed by atoms with van der Waals surface area (Å²) in [6, 6.07) is 45.4. The molecule has 0 saturated carbocycles. The molecule has 0 heterocycles. The number of rotatable bonds is 6. The van der Waals surface area contributed by atoms with Crippen LogP contribution in [0.4, 0.5) is 26.3 Å². The Balaban J connectivity index is 1.52. The average molecular weight is 699 g/mol. The Kier molecular flexibility index (Phi) is 9.09. The van der Waals surface area contributed by atoms with Crippen molar-refractivity contribution in [1.29, 1.82) is 0 Å². The molecule has 6 heteroatoms. The van der Waals surface area contributed by atoms with Crippen molar-refractivity contribution in [3.63, 3.8) is 0 Å². The van der Waals surface area contributed by atoms with Crippen molar-refractivity contribution in [1.82, 2.24) is 0 Å². The first-order valence-corrected chi connectivity index (χ1v) is 16.7. The molecule has 0 spiro atoms. The zero-order chi connectivity index (χ0) is 36.6. The van der Waals surface area contributed by atoms with Gasteiger partial charge in [-0.25, -0.2) is 0 Å². The normalized spacial score (nSPS) is 11.8. The van der Waals surface area contributed by atoms with E-state index in [0.717, 1.165) is 67.8 Å². The van der Waals surface area contributed by atoms with Gasteiger partial charge in [-0.2, -0.15) is 26.3 Å². The Morgan fingerprint density at radius 1 is 0.288 bits per heavy atom. The molecule has 0 radical (unpaired) electrons. The minimum Gasteiger partial charge on any atom is -0.166 e. The lowest BCUT2D eigenvalue weighted by Gasteiger charge is -2.22. The molecular weight excluding hydrogens is 666 g/mol. The van der Waals surface area contributed by atoms with Crippen LogP contribution in [0.5, 0.6) is 0 Å². The maximum atomic E-state index is 14.2. The number of halogens is 6. The maximum Gasteiger partial charge on any atom is 0.417 e. The van der Waals surface area contributed by atoms with E-state index in [-0.39, 0.29) is 11.1 Å². The van der Waals surface area contributed by atoms with Gasteiger partial charge in [0.1, 0.15) is 0 Å². The van der Waals surface area contributed by atoms with Crippen molar-refractivity contribution >= 4 is 0 Å². The molecule has 0 atom stereocenters. The van der Waals surface area contributed by atoms with Gasteiger partial charge in [-0.05, 0) is 128 Å². The van der Waals surface area contributed by atoms with Crippen LogP contribution in [-0.2, 0) is 12.4 Å². The highest BCUT2D eigenvalue weighted by Crippen LogP contribution is 2.46. The van der Waals surface area contributed by atoms with Crippen LogP contribution in [-0.4, -0.2) is 0 Å². The highest BCUT2D eigenvalue weighted by molar-refractivity contribution is 5.97. The second-order valence-corrected chi connectivity index (χ2v) is 12.8. The highest BCUT2D eigenvalue weighted by Gasteiger charge is 2.34. The zero-order valence-electron chi connectivity index (χ0n) is 28.3. The second-order valence-electron chi connectivity index (χ2n) is 12.8. The van der Waals surface area contributed by atoms with Crippen molar-refractivity contribution in [2.75, 3.05) is 0 Å². The first-order chi connectivity index (χ1) is 24.9. The average Bonchev–Trinajstić information content (AvgIpc) is 3.15. The van der Waals surface area contributed by atoms with Gasteiger partial charge in [-0.15, -0.1) is 0 Å². The van der Waals surface area contributed by atoms with Gasteiger partial charge >= 0.3 is 12.4 Å². The van der Waals surface area contributed by atoms with Crippen LogP contribution in [0.25, 0.3) is 66.8 Å². The molecule has 52 heavy (non-hydrogen) atoms. The first kappa shape index (κ1) is 34.6. The van der Waals surface area contributed by atoms with Crippen LogP contribution in [0.2, 0.25) is 0 Å². The lowest BCUT2D eigenvalue weighted by Crippen LogP contribution is -2.07. The third-order valence-electron chi connectivity index (χ3n) is 9.47. The summed E-state index contributed by atoms with van der Waals surface area (Å²) in [5.41, 5.74) is 7.96. The Hall–Kier alpha value is -5.88. The fraction of sp³-hybridized carbons (Fsp3) is 0.0870. The second kappa shape index (κ2) is 13.7. The lowest BCUT2D eigenvalue weighted by molar-refractivity contribution is -0.137. The molecule has 0 unspecified atom stereocenters. The predicted octanol–water partition coefficient (Wildman–Crippen LogP) is 14.3. The highest BCUT2D eigenvalue weighted by atomic mass is 19.4. The quantitative estimate of drug-likeness (QED) is 0.152. The SMILES string of the molecule is Cc1ccc(-c2ccccc2C(F)(F)F)cc1-c1cc(-c2ccccc2)c(-c2cc(-c3ccccc3C(F)(F)F)ccc2C)cc1-c1ccccc1. The van der Waals surface area contributed by atoms with Crippen molar-refractivity contribution in [2.45, 2.75) is 26.2 Å². The van der Waals surface area contributed by atoms with Crippen molar-refractivity contribution in [2.24, 2.45) is 0 Å². The van der Waals surface area contributed by atoms with Crippen LogP contribution < -0.4 is 0 Å². The number of hydrogen-bond acceptors (Lipinski definition) is 0. The van der Waals surface area contributed by atoms with E-state index >= 15 is 0 Å². The van der Waals surface area contributed by atoms with Gasteiger partial charge in [0.25, 0.3) is 0 Å². The van der Waals surface area contributed by atoms with E-state index in [1.165, 1.54) is 24.3 Å².